The minimum Gasteiger partial charge on any atom is -0.497 e. The molecule has 116 valence electrons. The molecule has 0 unspecified atom stereocenters. The fourth-order valence-corrected chi connectivity index (χ4v) is 2.44. The van der Waals surface area contributed by atoms with Crippen LogP contribution in [-0.4, -0.2) is 55.2 Å². The predicted octanol–water partition coefficient (Wildman–Crippen LogP) is 1.93. The van der Waals surface area contributed by atoms with Crippen molar-refractivity contribution in [1.29, 1.82) is 0 Å². The van der Waals surface area contributed by atoms with Crippen LogP contribution in [0.4, 0.5) is 4.79 Å². The van der Waals surface area contributed by atoms with Gasteiger partial charge in [-0.2, -0.15) is 0 Å². The molecule has 1 N–H and O–H groups in total. The number of benzene rings is 1. The lowest BCUT2D eigenvalue weighted by molar-refractivity contribution is 0.134. The molecular weight excluding hydrogens is 266 g/mol. The van der Waals surface area contributed by atoms with E-state index in [0.717, 1.165) is 38.5 Å². The number of carbonyl (C=O) groups is 1. The molecule has 1 aliphatic heterocycles. The highest BCUT2D eigenvalue weighted by Gasteiger charge is 2.21. The second-order valence-corrected chi connectivity index (χ2v) is 5.72. The summed E-state index contributed by atoms with van der Waals surface area (Å²) in [5, 5.41) is 2.94. The van der Waals surface area contributed by atoms with Gasteiger partial charge in [0.25, 0.3) is 0 Å². The van der Waals surface area contributed by atoms with Gasteiger partial charge in [0.05, 0.1) is 7.11 Å². The van der Waals surface area contributed by atoms with Crippen molar-refractivity contribution in [2.75, 3.05) is 33.3 Å². The maximum absolute atomic E-state index is 11.9. The molecular formula is C16H25N3O2. The van der Waals surface area contributed by atoms with Crippen molar-refractivity contribution in [2.45, 2.75) is 26.4 Å². The monoisotopic (exact) mass is 291 g/mol. The average molecular weight is 291 g/mol. The molecule has 21 heavy (non-hydrogen) atoms. The Morgan fingerprint density at radius 3 is 2.33 bits per heavy atom. The summed E-state index contributed by atoms with van der Waals surface area (Å²) in [7, 11) is 1.68. The van der Waals surface area contributed by atoms with E-state index in [1.54, 1.807) is 7.11 Å². The Morgan fingerprint density at radius 1 is 1.19 bits per heavy atom. The normalized spacial score (nSPS) is 16.1. The first-order valence-electron chi connectivity index (χ1n) is 7.49. The van der Waals surface area contributed by atoms with Crippen LogP contribution < -0.4 is 10.1 Å². The molecule has 0 saturated carbocycles. The smallest absolute Gasteiger partial charge is 0.317 e. The summed E-state index contributed by atoms with van der Waals surface area (Å²) >= 11 is 0. The van der Waals surface area contributed by atoms with Gasteiger partial charge in [-0.15, -0.1) is 0 Å². The minimum absolute atomic E-state index is 0.0501. The van der Waals surface area contributed by atoms with Crippen molar-refractivity contribution in [3.63, 3.8) is 0 Å². The van der Waals surface area contributed by atoms with Crippen molar-refractivity contribution in [3.8, 4) is 5.75 Å². The second kappa shape index (κ2) is 7.31. The first kappa shape index (κ1) is 15.6. The van der Waals surface area contributed by atoms with E-state index < -0.39 is 0 Å². The summed E-state index contributed by atoms with van der Waals surface area (Å²) in [5.41, 5.74) is 1.27. The van der Waals surface area contributed by atoms with E-state index in [-0.39, 0.29) is 12.1 Å². The Kier molecular flexibility index (Phi) is 5.44. The van der Waals surface area contributed by atoms with E-state index in [0.29, 0.717) is 0 Å². The van der Waals surface area contributed by atoms with Crippen LogP contribution in [0.2, 0.25) is 0 Å². The molecule has 0 atom stereocenters. The van der Waals surface area contributed by atoms with Crippen molar-refractivity contribution in [1.82, 2.24) is 15.1 Å². The Balaban J connectivity index is 1.79. The van der Waals surface area contributed by atoms with E-state index in [4.69, 9.17) is 4.74 Å². The fraction of sp³-hybridized carbons (Fsp3) is 0.562. The maximum atomic E-state index is 11.9. The molecule has 5 heteroatoms. The number of urea groups is 1. The van der Waals surface area contributed by atoms with Gasteiger partial charge in [-0.3, -0.25) is 4.90 Å². The highest BCUT2D eigenvalue weighted by atomic mass is 16.5. The third-order valence-electron chi connectivity index (χ3n) is 3.64. The summed E-state index contributed by atoms with van der Waals surface area (Å²) < 4.78 is 5.17. The number of hydrogen-bond donors (Lipinski definition) is 1. The molecule has 0 spiro atoms. The van der Waals surface area contributed by atoms with Gasteiger partial charge in [0.2, 0.25) is 0 Å². The Morgan fingerprint density at radius 2 is 1.81 bits per heavy atom. The molecule has 0 aliphatic carbocycles. The number of methoxy groups -OCH3 is 1. The van der Waals surface area contributed by atoms with Crippen LogP contribution in [0.3, 0.4) is 0 Å². The standard InChI is InChI=1S/C16H25N3O2/c1-13(2)17-16(20)19-10-8-18(9-11-19)12-14-4-6-15(21-3)7-5-14/h4-7,13H,8-12H2,1-3H3,(H,17,20). The first-order valence-corrected chi connectivity index (χ1v) is 7.49. The molecule has 1 fully saturated rings. The third-order valence-corrected chi connectivity index (χ3v) is 3.64. The zero-order valence-electron chi connectivity index (χ0n) is 13.1. The maximum Gasteiger partial charge on any atom is 0.317 e. The van der Waals surface area contributed by atoms with Crippen molar-refractivity contribution in [3.05, 3.63) is 29.8 Å². The second-order valence-electron chi connectivity index (χ2n) is 5.72. The van der Waals surface area contributed by atoms with Crippen molar-refractivity contribution < 1.29 is 9.53 Å². The number of nitrogens with one attached hydrogen (secondary N) is 1. The van der Waals surface area contributed by atoms with Crippen LogP contribution in [0.5, 0.6) is 5.75 Å². The average Bonchev–Trinajstić information content (AvgIpc) is 2.48. The predicted molar refractivity (Wildman–Crippen MR) is 83.5 cm³/mol. The van der Waals surface area contributed by atoms with E-state index in [1.807, 2.05) is 30.9 Å². The lowest BCUT2D eigenvalue weighted by Gasteiger charge is -2.35. The van der Waals surface area contributed by atoms with Crippen LogP contribution in [0.15, 0.2) is 24.3 Å². The molecule has 2 rings (SSSR count). The highest BCUT2D eigenvalue weighted by Crippen LogP contribution is 2.14. The quantitative estimate of drug-likeness (QED) is 0.922. The molecule has 0 bridgehead atoms. The van der Waals surface area contributed by atoms with Crippen LogP contribution in [0, 0.1) is 0 Å². The van der Waals surface area contributed by atoms with E-state index >= 15 is 0 Å². The van der Waals surface area contributed by atoms with Crippen LogP contribution in [0.1, 0.15) is 19.4 Å². The summed E-state index contributed by atoms with van der Waals surface area (Å²) in [6.45, 7) is 8.29. The molecule has 0 radical (unpaired) electrons. The van der Waals surface area contributed by atoms with Gasteiger partial charge in [0.15, 0.2) is 0 Å². The molecule has 0 aromatic heterocycles. The van der Waals surface area contributed by atoms with E-state index in [1.165, 1.54) is 5.56 Å². The van der Waals surface area contributed by atoms with Gasteiger partial charge >= 0.3 is 6.03 Å². The molecule has 5 nitrogen and oxygen atoms in total. The molecule has 1 saturated heterocycles. The fourth-order valence-electron chi connectivity index (χ4n) is 2.44. The topological polar surface area (TPSA) is 44.8 Å². The molecule has 1 aromatic rings. The van der Waals surface area contributed by atoms with Gasteiger partial charge < -0.3 is 15.0 Å². The summed E-state index contributed by atoms with van der Waals surface area (Å²) in [5.74, 6) is 0.883. The zero-order valence-corrected chi connectivity index (χ0v) is 13.1. The molecule has 1 aliphatic rings. The largest absolute Gasteiger partial charge is 0.497 e. The van der Waals surface area contributed by atoms with Crippen LogP contribution >= 0.6 is 0 Å². The lowest BCUT2D eigenvalue weighted by atomic mass is 10.2. The van der Waals surface area contributed by atoms with Gasteiger partial charge in [0.1, 0.15) is 5.75 Å². The van der Waals surface area contributed by atoms with E-state index in [9.17, 15) is 4.79 Å². The number of nitrogens with zero attached hydrogens (tertiary/aromatic N) is 2. The summed E-state index contributed by atoms with van der Waals surface area (Å²) in [6, 6.07) is 8.40. The van der Waals surface area contributed by atoms with Crippen LogP contribution in [-0.2, 0) is 6.54 Å². The molecule has 2 amide bonds. The number of hydrogen-bond acceptors (Lipinski definition) is 3. The summed E-state index contributed by atoms with van der Waals surface area (Å²) in [6.07, 6.45) is 0. The Hall–Kier alpha value is -1.75. The summed E-state index contributed by atoms with van der Waals surface area (Å²) in [4.78, 5) is 16.2. The Bertz CT molecular complexity index is 451. The molecule has 1 heterocycles. The number of rotatable bonds is 4. The third kappa shape index (κ3) is 4.63. The number of amides is 2. The zero-order chi connectivity index (χ0) is 15.2. The number of ether oxygens (including phenoxy) is 1. The van der Waals surface area contributed by atoms with Gasteiger partial charge in [-0.1, -0.05) is 12.1 Å². The minimum atomic E-state index is 0.0501. The van der Waals surface area contributed by atoms with Gasteiger partial charge in [-0.25, -0.2) is 4.79 Å². The van der Waals surface area contributed by atoms with Gasteiger partial charge in [-0.05, 0) is 31.5 Å². The SMILES string of the molecule is COc1ccc(CN2CCN(C(=O)NC(C)C)CC2)cc1. The van der Waals surface area contributed by atoms with Gasteiger partial charge in [0, 0.05) is 38.8 Å². The van der Waals surface area contributed by atoms with Crippen molar-refractivity contribution in [2.24, 2.45) is 0 Å². The first-order chi connectivity index (χ1) is 10.1. The van der Waals surface area contributed by atoms with Crippen LogP contribution in [0.25, 0.3) is 0 Å². The Labute approximate surface area is 126 Å². The number of piperazine rings is 1. The van der Waals surface area contributed by atoms with Crippen molar-refractivity contribution >= 4 is 6.03 Å². The molecule has 1 aromatic carbocycles. The lowest BCUT2D eigenvalue weighted by Crippen LogP contribution is -2.52. The number of carbonyl (C=O) groups excluding carboxylic acids is 1. The van der Waals surface area contributed by atoms with E-state index in [2.05, 4.69) is 22.3 Å². The highest BCUT2D eigenvalue weighted by molar-refractivity contribution is 5.74.